The van der Waals surface area contributed by atoms with Gasteiger partial charge in [-0.05, 0) is 49.3 Å². The van der Waals surface area contributed by atoms with Gasteiger partial charge in [0.15, 0.2) is 0 Å². The molecule has 0 aromatic heterocycles. The van der Waals surface area contributed by atoms with Crippen LogP contribution in [-0.2, 0) is 16.6 Å². The van der Waals surface area contributed by atoms with E-state index in [1.165, 1.54) is 12.1 Å². The molecule has 0 radical (unpaired) electrons. The molecule has 1 aromatic carbocycles. The van der Waals surface area contributed by atoms with Gasteiger partial charge in [-0.15, -0.1) is 0 Å². The summed E-state index contributed by atoms with van der Waals surface area (Å²) in [5.74, 6) is 0.726. The number of halogens is 1. The van der Waals surface area contributed by atoms with Gasteiger partial charge in [-0.2, -0.15) is 0 Å². The molecule has 0 amide bonds. The predicted molar refractivity (Wildman–Crippen MR) is 83.7 cm³/mol. The Hall–Kier alpha value is -0.620. The highest BCUT2D eigenvalue weighted by Crippen LogP contribution is 2.28. The van der Waals surface area contributed by atoms with Crippen molar-refractivity contribution in [2.45, 2.75) is 56.6 Å². The van der Waals surface area contributed by atoms with Crippen LogP contribution in [0.2, 0.25) is 5.02 Å². The van der Waals surface area contributed by atoms with Crippen molar-refractivity contribution in [3.63, 3.8) is 0 Å². The minimum absolute atomic E-state index is 0.00842. The Kier molecular flexibility index (Phi) is 5.66. The minimum Gasteiger partial charge on any atom is -0.392 e. The van der Waals surface area contributed by atoms with Gasteiger partial charge in [0, 0.05) is 11.1 Å². The zero-order chi connectivity index (χ0) is 15.5. The first kappa shape index (κ1) is 16.7. The fourth-order valence-corrected chi connectivity index (χ4v) is 4.44. The fourth-order valence-electron chi connectivity index (χ4n) is 2.80. The Morgan fingerprint density at radius 3 is 2.48 bits per heavy atom. The minimum atomic E-state index is -3.55. The molecule has 0 heterocycles. The second-order valence-corrected chi connectivity index (χ2v) is 7.78. The average molecular weight is 332 g/mol. The summed E-state index contributed by atoms with van der Waals surface area (Å²) in [7, 11) is -3.55. The SMILES string of the molecule is CCC1CCC(NS(=O)(=O)c2ccc(CO)c(Cl)c2)CC1. The van der Waals surface area contributed by atoms with E-state index in [1.54, 1.807) is 6.07 Å². The van der Waals surface area contributed by atoms with E-state index in [0.717, 1.165) is 38.0 Å². The van der Waals surface area contributed by atoms with E-state index in [1.807, 2.05) is 0 Å². The van der Waals surface area contributed by atoms with Crippen molar-refractivity contribution in [1.82, 2.24) is 4.72 Å². The van der Waals surface area contributed by atoms with Crippen LogP contribution in [0.1, 0.15) is 44.6 Å². The molecule has 0 bridgehead atoms. The van der Waals surface area contributed by atoms with E-state index in [0.29, 0.717) is 5.56 Å². The first-order valence-electron chi connectivity index (χ1n) is 7.38. The van der Waals surface area contributed by atoms with Crippen LogP contribution >= 0.6 is 11.6 Å². The highest BCUT2D eigenvalue weighted by molar-refractivity contribution is 7.89. The maximum absolute atomic E-state index is 12.4. The molecule has 1 aliphatic rings. The van der Waals surface area contributed by atoms with Crippen LogP contribution in [0.3, 0.4) is 0 Å². The molecule has 1 aliphatic carbocycles. The molecule has 0 saturated heterocycles. The summed E-state index contributed by atoms with van der Waals surface area (Å²) in [6.45, 7) is 1.98. The highest BCUT2D eigenvalue weighted by Gasteiger charge is 2.25. The number of sulfonamides is 1. The summed E-state index contributed by atoms with van der Waals surface area (Å²) >= 11 is 5.96. The lowest BCUT2D eigenvalue weighted by atomic mass is 9.85. The number of rotatable bonds is 5. The third-order valence-electron chi connectivity index (χ3n) is 4.25. The van der Waals surface area contributed by atoms with Crippen LogP contribution in [0.15, 0.2) is 23.1 Å². The lowest BCUT2D eigenvalue weighted by Gasteiger charge is -2.28. The topological polar surface area (TPSA) is 66.4 Å². The summed E-state index contributed by atoms with van der Waals surface area (Å²) in [6.07, 6.45) is 5.10. The van der Waals surface area contributed by atoms with Crippen LogP contribution in [0.5, 0.6) is 0 Å². The third-order valence-corrected chi connectivity index (χ3v) is 6.12. The molecule has 0 unspecified atom stereocenters. The van der Waals surface area contributed by atoms with E-state index < -0.39 is 10.0 Å². The Bertz CT molecular complexity index is 581. The summed E-state index contributed by atoms with van der Waals surface area (Å²) in [6, 6.07) is 4.43. The Balaban J connectivity index is 2.07. The highest BCUT2D eigenvalue weighted by atomic mass is 35.5. The van der Waals surface area contributed by atoms with Crippen molar-refractivity contribution in [2.75, 3.05) is 0 Å². The zero-order valence-electron chi connectivity index (χ0n) is 12.2. The van der Waals surface area contributed by atoms with Crippen LogP contribution in [0.25, 0.3) is 0 Å². The number of hydrogen-bond acceptors (Lipinski definition) is 3. The molecule has 1 aromatic rings. The van der Waals surface area contributed by atoms with E-state index >= 15 is 0 Å². The van der Waals surface area contributed by atoms with Crippen molar-refractivity contribution in [3.8, 4) is 0 Å². The van der Waals surface area contributed by atoms with Gasteiger partial charge in [0.25, 0.3) is 0 Å². The molecule has 118 valence electrons. The Morgan fingerprint density at radius 2 is 1.95 bits per heavy atom. The smallest absolute Gasteiger partial charge is 0.240 e. The van der Waals surface area contributed by atoms with Gasteiger partial charge in [-0.25, -0.2) is 13.1 Å². The second-order valence-electron chi connectivity index (χ2n) is 5.66. The average Bonchev–Trinajstić information content (AvgIpc) is 2.47. The van der Waals surface area contributed by atoms with Crippen molar-refractivity contribution in [1.29, 1.82) is 0 Å². The molecule has 0 spiro atoms. The van der Waals surface area contributed by atoms with E-state index in [2.05, 4.69) is 11.6 Å². The first-order chi connectivity index (χ1) is 9.96. The molecular weight excluding hydrogens is 310 g/mol. The summed E-state index contributed by atoms with van der Waals surface area (Å²) in [4.78, 5) is 0.155. The van der Waals surface area contributed by atoms with Gasteiger partial charge < -0.3 is 5.11 Å². The van der Waals surface area contributed by atoms with Crippen LogP contribution in [0.4, 0.5) is 0 Å². The monoisotopic (exact) mass is 331 g/mol. The van der Waals surface area contributed by atoms with Gasteiger partial charge in [0.05, 0.1) is 11.5 Å². The summed E-state index contributed by atoms with van der Waals surface area (Å²) < 4.78 is 27.5. The van der Waals surface area contributed by atoms with Crippen molar-refractivity contribution >= 4 is 21.6 Å². The van der Waals surface area contributed by atoms with Crippen molar-refractivity contribution in [2.24, 2.45) is 5.92 Å². The molecule has 21 heavy (non-hydrogen) atoms. The normalized spacial score (nSPS) is 23.2. The maximum Gasteiger partial charge on any atom is 0.240 e. The quantitative estimate of drug-likeness (QED) is 0.871. The van der Waals surface area contributed by atoms with Gasteiger partial charge in [0.2, 0.25) is 10.0 Å². The van der Waals surface area contributed by atoms with Crippen LogP contribution in [-0.4, -0.2) is 19.6 Å². The number of aliphatic hydroxyl groups is 1. The molecule has 2 N–H and O–H groups in total. The molecule has 1 fully saturated rings. The summed E-state index contributed by atoms with van der Waals surface area (Å²) in [5, 5.41) is 9.35. The lowest BCUT2D eigenvalue weighted by Crippen LogP contribution is -2.37. The van der Waals surface area contributed by atoms with Gasteiger partial charge >= 0.3 is 0 Å². The fraction of sp³-hybridized carbons (Fsp3) is 0.600. The second kappa shape index (κ2) is 7.09. The zero-order valence-corrected chi connectivity index (χ0v) is 13.8. The number of hydrogen-bond donors (Lipinski definition) is 2. The molecule has 2 rings (SSSR count). The first-order valence-corrected chi connectivity index (χ1v) is 9.24. The lowest BCUT2D eigenvalue weighted by molar-refractivity contribution is 0.282. The van der Waals surface area contributed by atoms with Crippen LogP contribution < -0.4 is 4.72 Å². The van der Waals surface area contributed by atoms with Crippen LogP contribution in [0, 0.1) is 5.92 Å². The van der Waals surface area contributed by atoms with Gasteiger partial charge in [-0.3, -0.25) is 0 Å². The third kappa shape index (κ3) is 4.19. The molecule has 6 heteroatoms. The van der Waals surface area contributed by atoms with Crippen molar-refractivity contribution < 1.29 is 13.5 Å². The van der Waals surface area contributed by atoms with Gasteiger partial charge in [-0.1, -0.05) is 31.0 Å². The predicted octanol–water partition coefficient (Wildman–Crippen LogP) is 3.08. The molecule has 0 atom stereocenters. The Labute approximate surface area is 131 Å². The number of nitrogens with one attached hydrogen (secondary N) is 1. The van der Waals surface area contributed by atoms with Crippen molar-refractivity contribution in [3.05, 3.63) is 28.8 Å². The molecule has 0 aliphatic heterocycles. The van der Waals surface area contributed by atoms with E-state index in [-0.39, 0.29) is 22.6 Å². The Morgan fingerprint density at radius 1 is 1.29 bits per heavy atom. The van der Waals surface area contributed by atoms with E-state index in [9.17, 15) is 8.42 Å². The number of benzene rings is 1. The van der Waals surface area contributed by atoms with E-state index in [4.69, 9.17) is 16.7 Å². The standard InChI is InChI=1S/C15H22ClNO3S/c1-2-11-3-6-13(7-4-11)17-21(19,20)14-8-5-12(10-18)15(16)9-14/h5,8-9,11,13,17-18H,2-4,6-7,10H2,1H3. The largest absolute Gasteiger partial charge is 0.392 e. The maximum atomic E-state index is 12.4. The molecule has 1 saturated carbocycles. The number of aliphatic hydroxyl groups excluding tert-OH is 1. The molecular formula is C15H22ClNO3S. The molecule has 4 nitrogen and oxygen atoms in total. The summed E-state index contributed by atoms with van der Waals surface area (Å²) in [5.41, 5.74) is 0.527. The van der Waals surface area contributed by atoms with Gasteiger partial charge in [0.1, 0.15) is 0 Å².